The van der Waals surface area contributed by atoms with Crippen LogP contribution in [0.2, 0.25) is 5.02 Å². The second kappa shape index (κ2) is 9.64. The van der Waals surface area contributed by atoms with Crippen LogP contribution in [0.5, 0.6) is 0 Å². The second-order valence-corrected chi connectivity index (χ2v) is 12.7. The number of rotatable bonds is 5. The van der Waals surface area contributed by atoms with Crippen LogP contribution >= 0.6 is 27.5 Å². The third-order valence-corrected chi connectivity index (χ3v) is 9.94. The number of nitrogens with one attached hydrogen (secondary N) is 1. The number of nitrogens with zero attached hydrogens (tertiary/aromatic N) is 2. The summed E-state index contributed by atoms with van der Waals surface area (Å²) in [6.45, 7) is 1.02. The van der Waals surface area contributed by atoms with E-state index in [9.17, 15) is 19.5 Å². The fourth-order valence-electron chi connectivity index (χ4n) is 7.27. The van der Waals surface area contributed by atoms with E-state index in [0.717, 1.165) is 22.9 Å². The number of hydrogen-bond acceptors (Lipinski definition) is 4. The summed E-state index contributed by atoms with van der Waals surface area (Å²) in [7, 11) is 0. The van der Waals surface area contributed by atoms with Crippen molar-refractivity contribution in [3.8, 4) is 0 Å². The van der Waals surface area contributed by atoms with E-state index in [2.05, 4.69) is 26.1 Å². The number of carboxylic acids is 1. The molecule has 2 saturated heterocycles. The fraction of sp³-hybridized carbons (Fsp3) is 0.323. The number of benzene rings is 3. The Kier molecular flexibility index (Phi) is 6.26. The Morgan fingerprint density at radius 2 is 1.85 bits per heavy atom. The molecule has 1 saturated carbocycles. The Morgan fingerprint density at radius 3 is 2.56 bits per heavy atom. The first-order valence-corrected chi connectivity index (χ1v) is 14.9. The number of carboxylic acid groups (broad SMARTS) is 1. The van der Waals surface area contributed by atoms with E-state index >= 15 is 4.39 Å². The number of aromatic carboxylic acids is 1. The highest BCUT2D eigenvalue weighted by atomic mass is 79.9. The number of halogens is 3. The van der Waals surface area contributed by atoms with Gasteiger partial charge < -0.3 is 15.3 Å². The molecule has 3 aliphatic heterocycles. The van der Waals surface area contributed by atoms with Crippen LogP contribution in [-0.2, 0) is 15.1 Å². The third-order valence-electron chi connectivity index (χ3n) is 9.16. The zero-order valence-electron chi connectivity index (χ0n) is 21.8. The van der Waals surface area contributed by atoms with Crippen molar-refractivity contribution in [2.24, 2.45) is 11.8 Å². The summed E-state index contributed by atoms with van der Waals surface area (Å²) < 4.78 is 16.8. The molecule has 4 aliphatic rings. The molecular formula is C31H26BrClFN3O4. The first kappa shape index (κ1) is 26.6. The van der Waals surface area contributed by atoms with E-state index in [-0.39, 0.29) is 34.0 Å². The van der Waals surface area contributed by atoms with Gasteiger partial charge in [-0.15, -0.1) is 0 Å². The molecule has 3 aromatic carbocycles. The van der Waals surface area contributed by atoms with Crippen molar-refractivity contribution in [2.75, 3.05) is 23.3 Å². The Labute approximate surface area is 249 Å². The minimum Gasteiger partial charge on any atom is -0.478 e. The quantitative estimate of drug-likeness (QED) is 0.357. The zero-order valence-corrected chi connectivity index (χ0v) is 24.2. The highest BCUT2D eigenvalue weighted by Gasteiger charge is 2.70. The summed E-state index contributed by atoms with van der Waals surface area (Å²) in [5.41, 5.74) is 1.00. The lowest BCUT2D eigenvalue weighted by Crippen LogP contribution is -2.54. The highest BCUT2D eigenvalue weighted by molar-refractivity contribution is 9.10. The predicted octanol–water partition coefficient (Wildman–Crippen LogP) is 6.02. The minimum absolute atomic E-state index is 0.0614. The van der Waals surface area contributed by atoms with Crippen LogP contribution in [0.3, 0.4) is 0 Å². The number of hydrogen-bond donors (Lipinski definition) is 2. The maximum atomic E-state index is 16.0. The van der Waals surface area contributed by atoms with Gasteiger partial charge in [0.05, 0.1) is 16.5 Å². The van der Waals surface area contributed by atoms with Crippen LogP contribution in [0, 0.1) is 17.7 Å². The maximum Gasteiger partial charge on any atom is 0.335 e. The Balaban J connectivity index is 1.43. The van der Waals surface area contributed by atoms with E-state index in [1.807, 2.05) is 18.2 Å². The number of piperidine rings is 1. The number of fused-ring (bicyclic) bond motifs is 3. The second-order valence-electron chi connectivity index (χ2n) is 11.4. The van der Waals surface area contributed by atoms with Crippen molar-refractivity contribution in [1.29, 1.82) is 0 Å². The van der Waals surface area contributed by atoms with Gasteiger partial charge in [-0.1, -0.05) is 45.7 Å². The average Bonchev–Trinajstić information content (AvgIpc) is 3.67. The Hall–Kier alpha value is -3.27. The van der Waals surface area contributed by atoms with Crippen LogP contribution < -0.4 is 10.2 Å². The minimum atomic E-state index is -1.31. The molecule has 41 heavy (non-hydrogen) atoms. The molecule has 3 heterocycles. The molecule has 2 amide bonds. The van der Waals surface area contributed by atoms with Gasteiger partial charge in [0, 0.05) is 46.5 Å². The zero-order chi connectivity index (χ0) is 28.6. The molecule has 4 atom stereocenters. The molecule has 0 aromatic heterocycles. The van der Waals surface area contributed by atoms with E-state index in [0.29, 0.717) is 36.8 Å². The van der Waals surface area contributed by atoms with E-state index in [4.69, 9.17) is 11.6 Å². The average molecular weight is 639 g/mol. The maximum absolute atomic E-state index is 16.0. The lowest BCUT2D eigenvalue weighted by atomic mass is 9.70. The Bertz CT molecular complexity index is 1610. The molecule has 1 unspecified atom stereocenters. The van der Waals surface area contributed by atoms with Gasteiger partial charge in [-0.05, 0) is 73.2 Å². The van der Waals surface area contributed by atoms with Crippen LogP contribution in [0.25, 0.3) is 0 Å². The molecule has 0 bridgehead atoms. The smallest absolute Gasteiger partial charge is 0.335 e. The summed E-state index contributed by atoms with van der Waals surface area (Å²) in [6.07, 6.45) is 2.67. The number of carbonyl (C=O) groups is 3. The monoisotopic (exact) mass is 637 g/mol. The molecular weight excluding hydrogens is 613 g/mol. The van der Waals surface area contributed by atoms with Gasteiger partial charge in [0.25, 0.3) is 0 Å². The van der Waals surface area contributed by atoms with Crippen LogP contribution in [0.4, 0.5) is 15.8 Å². The van der Waals surface area contributed by atoms with E-state index < -0.39 is 29.2 Å². The van der Waals surface area contributed by atoms with Crippen molar-refractivity contribution < 1.29 is 23.9 Å². The van der Waals surface area contributed by atoms with Crippen molar-refractivity contribution in [1.82, 2.24) is 4.90 Å². The topological polar surface area (TPSA) is 90.0 Å². The number of likely N-dealkylation sites (tertiary alicyclic amines) is 1. The molecule has 0 radical (unpaired) electrons. The third kappa shape index (κ3) is 3.96. The standard InChI is InChI=1S/C31H26BrClFN3O4/c32-18-8-11-21-23(14-18)35-30(41)31(21)26(20-2-1-3-22(33)27(20)34)25-24(37(31)15-16-4-5-16)12-13-36(28(25)38)19-9-6-17(7-10-19)29(39)40/h1-3,6-11,14,16,24-26H,4-5,12-13,15H2,(H,35,41)(H,39,40)/t24?,25-,26+,31-/m1/s1. The van der Waals surface area contributed by atoms with Crippen LogP contribution in [-0.4, -0.2) is 46.9 Å². The predicted molar refractivity (Wildman–Crippen MR) is 156 cm³/mol. The molecule has 1 aliphatic carbocycles. The SMILES string of the molecule is O=C(O)c1ccc(N2CCC3[C@@H](C2=O)[C@H](c2cccc(Cl)c2F)[C@]2(C(=O)Nc4cc(Br)ccc42)N3CC2CC2)cc1. The molecule has 7 rings (SSSR count). The van der Waals surface area contributed by atoms with Crippen molar-refractivity contribution in [2.45, 2.75) is 36.8 Å². The van der Waals surface area contributed by atoms with Crippen LogP contribution in [0.15, 0.2) is 65.1 Å². The molecule has 7 nitrogen and oxygen atoms in total. The van der Waals surface area contributed by atoms with Crippen LogP contribution in [0.1, 0.15) is 46.7 Å². The highest BCUT2D eigenvalue weighted by Crippen LogP contribution is 2.62. The summed E-state index contributed by atoms with van der Waals surface area (Å²) in [4.78, 5) is 44.2. The van der Waals surface area contributed by atoms with Crippen molar-refractivity contribution >= 4 is 56.7 Å². The van der Waals surface area contributed by atoms with Gasteiger partial charge in [0.15, 0.2) is 0 Å². The van der Waals surface area contributed by atoms with Gasteiger partial charge in [-0.3, -0.25) is 14.5 Å². The number of anilines is 2. The number of amides is 2. The van der Waals surface area contributed by atoms with Crippen molar-refractivity contribution in [3.63, 3.8) is 0 Å². The molecule has 210 valence electrons. The Morgan fingerprint density at radius 1 is 1.10 bits per heavy atom. The van der Waals surface area contributed by atoms with Gasteiger partial charge in [0.1, 0.15) is 11.4 Å². The lowest BCUT2D eigenvalue weighted by Gasteiger charge is -2.40. The van der Waals surface area contributed by atoms with Gasteiger partial charge in [-0.2, -0.15) is 0 Å². The molecule has 1 spiro atoms. The van der Waals surface area contributed by atoms with E-state index in [1.54, 1.807) is 29.2 Å². The largest absolute Gasteiger partial charge is 0.478 e. The normalized spacial score (nSPS) is 27.2. The first-order chi connectivity index (χ1) is 19.7. The summed E-state index contributed by atoms with van der Waals surface area (Å²) in [5, 5.41) is 12.3. The lowest BCUT2D eigenvalue weighted by molar-refractivity contribution is -0.128. The van der Waals surface area contributed by atoms with Gasteiger partial charge in [-0.25, -0.2) is 9.18 Å². The molecule has 3 fully saturated rings. The molecule has 2 N–H and O–H groups in total. The summed E-state index contributed by atoms with van der Waals surface area (Å²) in [6, 6.07) is 16.3. The number of carbonyl (C=O) groups excluding carboxylic acids is 2. The molecule has 10 heteroatoms. The van der Waals surface area contributed by atoms with Gasteiger partial charge in [0.2, 0.25) is 11.8 Å². The summed E-state index contributed by atoms with van der Waals surface area (Å²) in [5.74, 6) is -3.35. The molecule has 3 aromatic rings. The van der Waals surface area contributed by atoms with Crippen molar-refractivity contribution in [3.05, 3.63) is 92.7 Å². The fourth-order valence-corrected chi connectivity index (χ4v) is 7.82. The summed E-state index contributed by atoms with van der Waals surface area (Å²) >= 11 is 9.82. The van der Waals surface area contributed by atoms with E-state index in [1.165, 1.54) is 18.2 Å². The van der Waals surface area contributed by atoms with Gasteiger partial charge >= 0.3 is 5.97 Å². The first-order valence-electron chi connectivity index (χ1n) is 13.7.